The Hall–Kier alpha value is -2.11. The predicted molar refractivity (Wildman–Crippen MR) is 108 cm³/mol. The van der Waals surface area contributed by atoms with Crippen molar-refractivity contribution in [1.29, 1.82) is 0 Å². The van der Waals surface area contributed by atoms with Gasteiger partial charge in [-0.15, -0.1) is 0 Å². The summed E-state index contributed by atoms with van der Waals surface area (Å²) in [6, 6.07) is 17.0. The number of ether oxygens (including phenoxy) is 1. The van der Waals surface area contributed by atoms with Crippen LogP contribution in [0.2, 0.25) is 0 Å². The van der Waals surface area contributed by atoms with Gasteiger partial charge in [-0.3, -0.25) is 0 Å². The lowest BCUT2D eigenvalue weighted by atomic mass is 10.1. The monoisotopic (exact) mass is 355 g/mol. The Morgan fingerprint density at radius 2 is 1.64 bits per heavy atom. The van der Waals surface area contributed by atoms with Crippen molar-refractivity contribution in [2.75, 3.05) is 36.5 Å². The van der Waals surface area contributed by atoms with E-state index in [4.69, 9.17) is 17.0 Å². The zero-order valence-corrected chi connectivity index (χ0v) is 15.4. The summed E-state index contributed by atoms with van der Waals surface area (Å²) < 4.78 is 5.40. The third-order valence-electron chi connectivity index (χ3n) is 4.39. The Bertz CT molecular complexity index is 679. The van der Waals surface area contributed by atoms with Gasteiger partial charge in [0.2, 0.25) is 0 Å². The summed E-state index contributed by atoms with van der Waals surface area (Å²) in [6.07, 6.45) is 1.05. The van der Waals surface area contributed by atoms with Crippen LogP contribution >= 0.6 is 12.2 Å². The van der Waals surface area contributed by atoms with Crippen LogP contribution < -0.4 is 15.5 Å². The van der Waals surface area contributed by atoms with Crippen molar-refractivity contribution in [2.45, 2.75) is 19.9 Å². The molecule has 0 bridgehead atoms. The van der Waals surface area contributed by atoms with E-state index in [9.17, 15) is 0 Å². The topological polar surface area (TPSA) is 36.5 Å². The van der Waals surface area contributed by atoms with E-state index in [2.05, 4.69) is 71.0 Å². The fourth-order valence-electron chi connectivity index (χ4n) is 2.83. The lowest BCUT2D eigenvalue weighted by Crippen LogP contribution is -2.36. The summed E-state index contributed by atoms with van der Waals surface area (Å²) in [5, 5.41) is 7.13. The number of rotatable bonds is 5. The van der Waals surface area contributed by atoms with Crippen molar-refractivity contribution in [2.24, 2.45) is 0 Å². The molecule has 0 unspecified atom stereocenters. The van der Waals surface area contributed by atoms with Crippen molar-refractivity contribution < 1.29 is 4.74 Å². The van der Waals surface area contributed by atoms with Crippen LogP contribution in [0.3, 0.4) is 0 Å². The van der Waals surface area contributed by atoms with Gasteiger partial charge in [-0.2, -0.15) is 0 Å². The van der Waals surface area contributed by atoms with Gasteiger partial charge in [-0.1, -0.05) is 31.2 Å². The quantitative estimate of drug-likeness (QED) is 0.802. The minimum atomic E-state index is 0.640. The van der Waals surface area contributed by atoms with E-state index in [1.165, 1.54) is 16.8 Å². The van der Waals surface area contributed by atoms with Gasteiger partial charge >= 0.3 is 0 Å². The first-order valence-electron chi connectivity index (χ1n) is 8.80. The average Bonchev–Trinajstić information content (AvgIpc) is 2.68. The molecule has 1 fully saturated rings. The molecule has 2 aromatic rings. The van der Waals surface area contributed by atoms with Gasteiger partial charge in [0.15, 0.2) is 5.11 Å². The van der Waals surface area contributed by atoms with Crippen molar-refractivity contribution >= 4 is 28.7 Å². The fraction of sp³-hybridized carbons (Fsp3) is 0.350. The van der Waals surface area contributed by atoms with Gasteiger partial charge < -0.3 is 20.3 Å². The van der Waals surface area contributed by atoms with Crippen LogP contribution in [0.15, 0.2) is 48.5 Å². The summed E-state index contributed by atoms with van der Waals surface area (Å²) in [5.41, 5.74) is 4.80. The molecule has 0 aromatic heterocycles. The first kappa shape index (κ1) is 17.7. The molecule has 3 rings (SSSR count). The van der Waals surface area contributed by atoms with Gasteiger partial charge in [-0.05, 0) is 54.0 Å². The molecule has 0 aliphatic carbocycles. The maximum absolute atomic E-state index is 5.40. The van der Waals surface area contributed by atoms with Gasteiger partial charge in [0.05, 0.1) is 13.2 Å². The minimum absolute atomic E-state index is 0.640. The average molecular weight is 356 g/mol. The highest BCUT2D eigenvalue weighted by atomic mass is 32.1. The molecule has 25 heavy (non-hydrogen) atoms. The van der Waals surface area contributed by atoms with E-state index in [0.29, 0.717) is 11.7 Å². The number of hydrogen-bond acceptors (Lipinski definition) is 3. The second kappa shape index (κ2) is 8.83. The van der Waals surface area contributed by atoms with Crippen molar-refractivity contribution in [3.63, 3.8) is 0 Å². The van der Waals surface area contributed by atoms with Gasteiger partial charge in [-0.25, -0.2) is 0 Å². The van der Waals surface area contributed by atoms with E-state index >= 15 is 0 Å². The van der Waals surface area contributed by atoms with Crippen LogP contribution in [-0.4, -0.2) is 31.4 Å². The van der Waals surface area contributed by atoms with Crippen LogP contribution in [0.25, 0.3) is 0 Å². The van der Waals surface area contributed by atoms with Gasteiger partial charge in [0, 0.05) is 31.0 Å². The van der Waals surface area contributed by atoms with Crippen LogP contribution in [-0.2, 0) is 17.7 Å². The molecule has 2 N–H and O–H groups in total. The molecular formula is C20H25N3OS. The first-order chi connectivity index (χ1) is 12.2. The number of anilines is 2. The molecule has 1 aliphatic rings. The van der Waals surface area contributed by atoms with E-state index in [-0.39, 0.29) is 0 Å². The van der Waals surface area contributed by atoms with E-state index in [1.54, 1.807) is 0 Å². The SMILES string of the molecule is CCc1ccc(NC(=S)NCc2ccc(N3CCOCC3)cc2)cc1. The second-order valence-electron chi connectivity index (χ2n) is 6.12. The second-order valence-corrected chi connectivity index (χ2v) is 6.53. The molecule has 2 aromatic carbocycles. The number of hydrogen-bond donors (Lipinski definition) is 2. The maximum Gasteiger partial charge on any atom is 0.171 e. The van der Waals surface area contributed by atoms with E-state index in [0.717, 1.165) is 38.4 Å². The van der Waals surface area contributed by atoms with E-state index in [1.807, 2.05) is 0 Å². The summed E-state index contributed by atoms with van der Waals surface area (Å²) in [6.45, 7) is 6.40. The molecular weight excluding hydrogens is 330 g/mol. The van der Waals surface area contributed by atoms with Crippen molar-refractivity contribution in [1.82, 2.24) is 5.32 Å². The summed E-state index contributed by atoms with van der Waals surface area (Å²) in [4.78, 5) is 2.35. The minimum Gasteiger partial charge on any atom is -0.378 e. The molecule has 0 radical (unpaired) electrons. The number of thiocarbonyl (C=S) groups is 1. The Morgan fingerprint density at radius 3 is 2.28 bits per heavy atom. The highest BCUT2D eigenvalue weighted by molar-refractivity contribution is 7.80. The summed E-state index contributed by atoms with van der Waals surface area (Å²) in [5.74, 6) is 0. The van der Waals surface area contributed by atoms with Crippen LogP contribution in [0.4, 0.5) is 11.4 Å². The maximum atomic E-state index is 5.40. The van der Waals surface area contributed by atoms with Crippen molar-refractivity contribution in [3.8, 4) is 0 Å². The molecule has 1 heterocycles. The number of aryl methyl sites for hydroxylation is 1. The summed E-state index contributed by atoms with van der Waals surface area (Å²) >= 11 is 5.38. The fourth-order valence-corrected chi connectivity index (χ4v) is 3.02. The number of nitrogens with one attached hydrogen (secondary N) is 2. The first-order valence-corrected chi connectivity index (χ1v) is 9.21. The highest BCUT2D eigenvalue weighted by Crippen LogP contribution is 2.16. The normalized spacial score (nSPS) is 14.2. The Labute approximate surface area is 155 Å². The summed E-state index contributed by atoms with van der Waals surface area (Å²) in [7, 11) is 0. The molecule has 0 spiro atoms. The van der Waals surface area contributed by atoms with Crippen LogP contribution in [0, 0.1) is 0 Å². The van der Waals surface area contributed by atoms with Crippen LogP contribution in [0.1, 0.15) is 18.1 Å². The van der Waals surface area contributed by atoms with Crippen molar-refractivity contribution in [3.05, 3.63) is 59.7 Å². The van der Waals surface area contributed by atoms with E-state index < -0.39 is 0 Å². The Kier molecular flexibility index (Phi) is 6.25. The molecule has 4 nitrogen and oxygen atoms in total. The largest absolute Gasteiger partial charge is 0.378 e. The molecule has 1 saturated heterocycles. The number of nitrogens with zero attached hydrogens (tertiary/aromatic N) is 1. The zero-order valence-electron chi connectivity index (χ0n) is 14.6. The Morgan fingerprint density at radius 1 is 1.00 bits per heavy atom. The zero-order chi connectivity index (χ0) is 17.5. The molecule has 0 atom stereocenters. The standard InChI is InChI=1S/C20H25N3OS/c1-2-16-3-7-18(8-4-16)22-20(25)21-15-17-5-9-19(10-6-17)23-11-13-24-14-12-23/h3-10H,2,11-15H2,1H3,(H2,21,22,25). The number of benzene rings is 2. The highest BCUT2D eigenvalue weighted by Gasteiger charge is 2.10. The third-order valence-corrected chi connectivity index (χ3v) is 4.63. The lowest BCUT2D eigenvalue weighted by molar-refractivity contribution is 0.122. The smallest absolute Gasteiger partial charge is 0.171 e. The Balaban J connectivity index is 1.47. The molecule has 0 amide bonds. The number of morpholine rings is 1. The lowest BCUT2D eigenvalue weighted by Gasteiger charge is -2.28. The molecule has 5 heteroatoms. The van der Waals surface area contributed by atoms with Gasteiger partial charge in [0.25, 0.3) is 0 Å². The third kappa shape index (κ3) is 5.18. The molecule has 1 aliphatic heterocycles. The van der Waals surface area contributed by atoms with Gasteiger partial charge in [0.1, 0.15) is 0 Å². The molecule has 0 saturated carbocycles. The van der Waals surface area contributed by atoms with Crippen LogP contribution in [0.5, 0.6) is 0 Å². The predicted octanol–water partition coefficient (Wildman–Crippen LogP) is 3.57. The molecule has 132 valence electrons.